The van der Waals surface area contributed by atoms with Gasteiger partial charge in [-0.2, -0.15) is 5.10 Å². The molecule has 0 unspecified atom stereocenters. The van der Waals surface area contributed by atoms with E-state index in [2.05, 4.69) is 21.0 Å². The minimum atomic E-state index is -0.334. The Balaban J connectivity index is 2.36. The third-order valence-electron chi connectivity index (χ3n) is 2.36. The van der Waals surface area contributed by atoms with Crippen LogP contribution in [0.25, 0.3) is 0 Å². The first-order valence-corrected chi connectivity index (χ1v) is 5.84. The molecule has 0 aliphatic heterocycles. The first-order valence-electron chi connectivity index (χ1n) is 5.05. The molecule has 2 aromatic rings. The van der Waals surface area contributed by atoms with E-state index >= 15 is 0 Å². The van der Waals surface area contributed by atoms with E-state index in [1.54, 1.807) is 16.9 Å². The third kappa shape index (κ3) is 2.74. The van der Waals surface area contributed by atoms with Gasteiger partial charge in [-0.25, -0.2) is 4.79 Å². The van der Waals surface area contributed by atoms with Gasteiger partial charge in [-0.05, 0) is 29.8 Å². The molecule has 88 valence electrons. The second-order valence-corrected chi connectivity index (χ2v) is 4.41. The van der Waals surface area contributed by atoms with Gasteiger partial charge in [0.25, 0.3) is 0 Å². The van der Waals surface area contributed by atoms with Crippen LogP contribution in [0.4, 0.5) is 0 Å². The molecule has 0 N–H and O–H groups in total. The fraction of sp³-hybridized carbons (Fsp3) is 0.167. The summed E-state index contributed by atoms with van der Waals surface area (Å²) in [5.41, 5.74) is 1.43. The van der Waals surface area contributed by atoms with Crippen LogP contribution >= 0.6 is 15.9 Å². The summed E-state index contributed by atoms with van der Waals surface area (Å²) in [6, 6.07) is 7.30. The van der Waals surface area contributed by atoms with Gasteiger partial charge in [-0.15, -0.1) is 0 Å². The van der Waals surface area contributed by atoms with Gasteiger partial charge in [0, 0.05) is 16.9 Å². The number of ether oxygens (including phenoxy) is 1. The van der Waals surface area contributed by atoms with Crippen molar-refractivity contribution in [3.8, 4) is 0 Å². The summed E-state index contributed by atoms with van der Waals surface area (Å²) in [6.45, 7) is 0.539. The van der Waals surface area contributed by atoms with Crippen LogP contribution in [0.1, 0.15) is 15.9 Å². The van der Waals surface area contributed by atoms with Crippen molar-refractivity contribution in [3.63, 3.8) is 0 Å². The molecule has 0 atom stereocenters. The van der Waals surface area contributed by atoms with Crippen LogP contribution in [0.3, 0.4) is 0 Å². The summed E-state index contributed by atoms with van der Waals surface area (Å²) in [5, 5.41) is 4.12. The summed E-state index contributed by atoms with van der Waals surface area (Å²) < 4.78 is 7.43. The zero-order valence-electron chi connectivity index (χ0n) is 9.26. The van der Waals surface area contributed by atoms with E-state index in [9.17, 15) is 4.79 Å². The van der Waals surface area contributed by atoms with Gasteiger partial charge in [-0.3, -0.25) is 4.68 Å². The molecule has 1 aromatic carbocycles. The van der Waals surface area contributed by atoms with E-state index in [-0.39, 0.29) is 5.97 Å². The van der Waals surface area contributed by atoms with E-state index < -0.39 is 0 Å². The van der Waals surface area contributed by atoms with Gasteiger partial charge in [0.15, 0.2) is 0 Å². The molecular weight excluding hydrogens is 284 g/mol. The van der Waals surface area contributed by atoms with E-state index in [1.807, 2.05) is 24.4 Å². The summed E-state index contributed by atoms with van der Waals surface area (Å²) in [5.74, 6) is -0.334. The Morgan fingerprint density at radius 2 is 2.35 bits per heavy atom. The second-order valence-electron chi connectivity index (χ2n) is 3.50. The zero-order chi connectivity index (χ0) is 12.3. The fourth-order valence-electron chi connectivity index (χ4n) is 1.57. The predicted octanol–water partition coefficient (Wildman–Crippen LogP) is 2.48. The zero-order valence-corrected chi connectivity index (χ0v) is 10.8. The molecule has 0 amide bonds. The van der Waals surface area contributed by atoms with Gasteiger partial charge in [0.1, 0.15) is 0 Å². The number of esters is 1. The number of nitrogens with zero attached hydrogens (tertiary/aromatic N) is 2. The maximum atomic E-state index is 11.6. The molecular formula is C12H11BrN2O2. The first-order chi connectivity index (χ1) is 8.20. The molecule has 0 saturated heterocycles. The number of rotatable bonds is 3. The maximum absolute atomic E-state index is 11.6. The van der Waals surface area contributed by atoms with Crippen molar-refractivity contribution >= 4 is 21.9 Å². The Kier molecular flexibility index (Phi) is 3.58. The Hall–Kier alpha value is -1.62. The summed E-state index contributed by atoms with van der Waals surface area (Å²) >= 11 is 3.39. The number of benzene rings is 1. The smallest absolute Gasteiger partial charge is 0.338 e. The molecule has 0 radical (unpaired) electrons. The normalized spacial score (nSPS) is 10.2. The minimum absolute atomic E-state index is 0.334. The number of carbonyl (C=O) groups is 1. The highest BCUT2D eigenvalue weighted by Crippen LogP contribution is 2.18. The number of aromatic nitrogens is 2. The van der Waals surface area contributed by atoms with Crippen LogP contribution in [-0.2, 0) is 11.3 Å². The Morgan fingerprint density at radius 1 is 1.53 bits per heavy atom. The first kappa shape index (κ1) is 11.9. The summed E-state index contributed by atoms with van der Waals surface area (Å²) in [4.78, 5) is 11.6. The van der Waals surface area contributed by atoms with Crippen LogP contribution < -0.4 is 0 Å². The highest BCUT2D eigenvalue weighted by Gasteiger charge is 2.12. The van der Waals surface area contributed by atoms with Crippen LogP contribution in [-0.4, -0.2) is 22.9 Å². The maximum Gasteiger partial charge on any atom is 0.338 e. The van der Waals surface area contributed by atoms with E-state index in [0.717, 1.165) is 10.0 Å². The predicted molar refractivity (Wildman–Crippen MR) is 66.8 cm³/mol. The number of hydrogen-bond acceptors (Lipinski definition) is 3. The summed E-state index contributed by atoms with van der Waals surface area (Å²) in [7, 11) is 1.38. The second kappa shape index (κ2) is 5.14. The van der Waals surface area contributed by atoms with Crippen molar-refractivity contribution in [1.82, 2.24) is 9.78 Å². The van der Waals surface area contributed by atoms with Gasteiger partial charge >= 0.3 is 5.97 Å². The van der Waals surface area contributed by atoms with Crippen molar-refractivity contribution in [2.75, 3.05) is 7.11 Å². The standard InChI is InChI=1S/C12H11BrN2O2/c1-17-12(16)11-4-3-10(13)7-9(11)8-15-6-2-5-14-15/h2-7H,8H2,1H3. The van der Waals surface area contributed by atoms with Gasteiger partial charge in [-0.1, -0.05) is 15.9 Å². The molecule has 17 heavy (non-hydrogen) atoms. The van der Waals surface area contributed by atoms with Crippen molar-refractivity contribution in [2.24, 2.45) is 0 Å². The Labute approximate surface area is 107 Å². The number of methoxy groups -OCH3 is 1. The summed E-state index contributed by atoms with van der Waals surface area (Å²) in [6.07, 6.45) is 3.55. The number of halogens is 1. The molecule has 0 bridgehead atoms. The highest BCUT2D eigenvalue weighted by atomic mass is 79.9. The van der Waals surface area contributed by atoms with Crippen LogP contribution in [0.15, 0.2) is 41.1 Å². The van der Waals surface area contributed by atoms with Crippen molar-refractivity contribution in [3.05, 3.63) is 52.3 Å². The topological polar surface area (TPSA) is 44.1 Å². The Morgan fingerprint density at radius 3 is 3.00 bits per heavy atom. The minimum Gasteiger partial charge on any atom is -0.465 e. The molecule has 0 fully saturated rings. The largest absolute Gasteiger partial charge is 0.465 e. The number of hydrogen-bond donors (Lipinski definition) is 0. The molecule has 1 heterocycles. The molecule has 5 heteroatoms. The fourth-order valence-corrected chi connectivity index (χ4v) is 1.98. The van der Waals surface area contributed by atoms with Crippen LogP contribution in [0, 0.1) is 0 Å². The van der Waals surface area contributed by atoms with Crippen molar-refractivity contribution in [1.29, 1.82) is 0 Å². The van der Waals surface area contributed by atoms with Crippen LogP contribution in [0.2, 0.25) is 0 Å². The van der Waals surface area contributed by atoms with Crippen molar-refractivity contribution < 1.29 is 9.53 Å². The lowest BCUT2D eigenvalue weighted by Gasteiger charge is -2.08. The molecule has 0 spiro atoms. The van der Waals surface area contributed by atoms with E-state index in [0.29, 0.717) is 12.1 Å². The SMILES string of the molecule is COC(=O)c1ccc(Br)cc1Cn1cccn1. The monoisotopic (exact) mass is 294 g/mol. The molecule has 0 aliphatic rings. The lowest BCUT2D eigenvalue weighted by molar-refractivity contribution is 0.0599. The average molecular weight is 295 g/mol. The van der Waals surface area contributed by atoms with Gasteiger partial charge in [0.05, 0.1) is 19.2 Å². The lowest BCUT2D eigenvalue weighted by Crippen LogP contribution is -2.09. The average Bonchev–Trinajstić information content (AvgIpc) is 2.81. The molecule has 0 aliphatic carbocycles. The van der Waals surface area contributed by atoms with Crippen LogP contribution in [0.5, 0.6) is 0 Å². The number of carbonyl (C=O) groups excluding carboxylic acids is 1. The highest BCUT2D eigenvalue weighted by molar-refractivity contribution is 9.10. The lowest BCUT2D eigenvalue weighted by atomic mass is 10.1. The van der Waals surface area contributed by atoms with Gasteiger partial charge in [0.2, 0.25) is 0 Å². The quantitative estimate of drug-likeness (QED) is 0.817. The molecule has 0 saturated carbocycles. The van der Waals surface area contributed by atoms with E-state index in [4.69, 9.17) is 4.74 Å². The third-order valence-corrected chi connectivity index (χ3v) is 2.86. The van der Waals surface area contributed by atoms with Gasteiger partial charge < -0.3 is 4.74 Å². The Bertz CT molecular complexity index is 523. The van der Waals surface area contributed by atoms with E-state index in [1.165, 1.54) is 7.11 Å². The molecule has 1 aromatic heterocycles. The van der Waals surface area contributed by atoms with Crippen molar-refractivity contribution in [2.45, 2.75) is 6.54 Å². The molecule has 2 rings (SSSR count). The molecule has 4 nitrogen and oxygen atoms in total.